The Balaban J connectivity index is 1.35. The molecule has 0 aromatic heterocycles. The lowest BCUT2D eigenvalue weighted by Gasteiger charge is -2.24. The van der Waals surface area contributed by atoms with Gasteiger partial charge in [0.05, 0.1) is 0 Å². The molecule has 0 bridgehead atoms. The van der Waals surface area contributed by atoms with Gasteiger partial charge in [-0.2, -0.15) is 0 Å². The van der Waals surface area contributed by atoms with Crippen molar-refractivity contribution in [2.75, 3.05) is 31.1 Å². The highest BCUT2D eigenvalue weighted by atomic mass is 32.2. The zero-order chi connectivity index (χ0) is 11.7. The Morgan fingerprint density at radius 3 is 2.59 bits per heavy atom. The van der Waals surface area contributed by atoms with Crippen LogP contribution in [0.1, 0.15) is 32.1 Å². The Labute approximate surface area is 107 Å². The maximum Gasteiger partial charge on any atom is 0.0249 e. The van der Waals surface area contributed by atoms with Gasteiger partial charge < -0.3 is 10.2 Å². The Kier molecular flexibility index (Phi) is 3.83. The van der Waals surface area contributed by atoms with E-state index in [1.165, 1.54) is 38.9 Å². The molecule has 1 unspecified atom stereocenters. The standard InChI is InChI=1S/C13H24N2OS/c16-17-7-4-12(5-8-17)14-9-11-3-6-15(10-11)13-1-2-13/h11-14H,1-10H2. The Morgan fingerprint density at radius 1 is 1.12 bits per heavy atom. The van der Waals surface area contributed by atoms with E-state index in [1.807, 2.05) is 0 Å². The summed E-state index contributed by atoms with van der Waals surface area (Å²) in [5, 5.41) is 3.70. The molecule has 0 amide bonds. The molecule has 98 valence electrons. The minimum absolute atomic E-state index is 0.518. The Bertz CT molecular complexity index is 283. The molecule has 2 aliphatic heterocycles. The van der Waals surface area contributed by atoms with Gasteiger partial charge in [0.1, 0.15) is 0 Å². The molecule has 4 heteroatoms. The van der Waals surface area contributed by atoms with Crippen molar-refractivity contribution in [2.24, 2.45) is 5.92 Å². The summed E-state index contributed by atoms with van der Waals surface area (Å²) in [4.78, 5) is 2.68. The van der Waals surface area contributed by atoms with Crippen LogP contribution in [0.2, 0.25) is 0 Å². The van der Waals surface area contributed by atoms with Crippen LogP contribution < -0.4 is 5.32 Å². The number of hydrogen-bond acceptors (Lipinski definition) is 3. The molecule has 3 fully saturated rings. The third kappa shape index (κ3) is 3.30. The molecule has 17 heavy (non-hydrogen) atoms. The van der Waals surface area contributed by atoms with Crippen LogP contribution in [0.4, 0.5) is 0 Å². The van der Waals surface area contributed by atoms with E-state index in [4.69, 9.17) is 0 Å². The molecule has 2 saturated heterocycles. The summed E-state index contributed by atoms with van der Waals surface area (Å²) < 4.78 is 11.3. The lowest BCUT2D eigenvalue weighted by Crippen LogP contribution is -2.39. The van der Waals surface area contributed by atoms with E-state index in [1.54, 1.807) is 0 Å². The fourth-order valence-corrected chi connectivity index (χ4v) is 4.43. The highest BCUT2D eigenvalue weighted by molar-refractivity contribution is 7.85. The molecule has 1 N–H and O–H groups in total. The second-order valence-corrected chi connectivity index (χ2v) is 7.61. The predicted octanol–water partition coefficient (Wildman–Crippen LogP) is 0.971. The quantitative estimate of drug-likeness (QED) is 0.813. The van der Waals surface area contributed by atoms with Gasteiger partial charge >= 0.3 is 0 Å². The summed E-state index contributed by atoms with van der Waals surface area (Å²) >= 11 is 0. The summed E-state index contributed by atoms with van der Waals surface area (Å²) in [6.07, 6.45) is 6.49. The van der Waals surface area contributed by atoms with Crippen molar-refractivity contribution in [1.29, 1.82) is 0 Å². The van der Waals surface area contributed by atoms with E-state index in [0.29, 0.717) is 6.04 Å². The van der Waals surface area contributed by atoms with Crippen LogP contribution in [0.25, 0.3) is 0 Å². The normalized spacial score (nSPS) is 39.6. The average molecular weight is 256 g/mol. The molecule has 1 aliphatic carbocycles. The second-order valence-electron chi connectivity index (χ2n) is 5.91. The molecule has 0 aromatic carbocycles. The summed E-state index contributed by atoms with van der Waals surface area (Å²) in [6.45, 7) is 3.82. The highest BCUT2D eigenvalue weighted by Gasteiger charge is 2.34. The predicted molar refractivity (Wildman–Crippen MR) is 71.6 cm³/mol. The topological polar surface area (TPSA) is 32.3 Å². The number of nitrogens with one attached hydrogen (secondary N) is 1. The molecule has 3 nitrogen and oxygen atoms in total. The van der Waals surface area contributed by atoms with Gasteiger partial charge in [0.25, 0.3) is 0 Å². The SMILES string of the molecule is O=S1CCC(NCC2CCN(C3CC3)C2)CC1. The third-order valence-corrected chi connectivity index (χ3v) is 5.85. The van der Waals surface area contributed by atoms with E-state index in [-0.39, 0.29) is 0 Å². The average Bonchev–Trinajstić information content (AvgIpc) is 3.09. The minimum atomic E-state index is -0.518. The molecule has 3 rings (SSSR count). The number of hydrogen-bond donors (Lipinski definition) is 1. The van der Waals surface area contributed by atoms with E-state index < -0.39 is 10.8 Å². The molecule has 3 aliphatic rings. The fourth-order valence-electron chi connectivity index (χ4n) is 3.13. The monoisotopic (exact) mass is 256 g/mol. The number of rotatable bonds is 4. The van der Waals surface area contributed by atoms with Crippen LogP contribution in [0.5, 0.6) is 0 Å². The third-order valence-electron chi connectivity index (χ3n) is 4.46. The van der Waals surface area contributed by atoms with Gasteiger partial charge in [-0.15, -0.1) is 0 Å². The smallest absolute Gasteiger partial charge is 0.0249 e. The molecule has 2 heterocycles. The lowest BCUT2D eigenvalue weighted by atomic mass is 10.1. The molecule has 0 aromatic rings. The maximum atomic E-state index is 11.3. The van der Waals surface area contributed by atoms with E-state index >= 15 is 0 Å². The van der Waals surface area contributed by atoms with Crippen LogP contribution in [0.15, 0.2) is 0 Å². The van der Waals surface area contributed by atoms with Crippen molar-refractivity contribution >= 4 is 10.8 Å². The van der Waals surface area contributed by atoms with Crippen molar-refractivity contribution in [3.63, 3.8) is 0 Å². The summed E-state index contributed by atoms with van der Waals surface area (Å²) in [5.41, 5.74) is 0. The first-order chi connectivity index (χ1) is 8.31. The fraction of sp³-hybridized carbons (Fsp3) is 1.00. The van der Waals surface area contributed by atoms with Crippen LogP contribution in [-0.4, -0.2) is 52.3 Å². The molecule has 1 atom stereocenters. The summed E-state index contributed by atoms with van der Waals surface area (Å²) in [7, 11) is -0.518. The van der Waals surface area contributed by atoms with Gasteiger partial charge in [-0.25, -0.2) is 0 Å². The van der Waals surface area contributed by atoms with Gasteiger partial charge in [0, 0.05) is 40.9 Å². The van der Waals surface area contributed by atoms with Crippen molar-refractivity contribution in [1.82, 2.24) is 10.2 Å². The van der Waals surface area contributed by atoms with Gasteiger partial charge in [-0.3, -0.25) is 4.21 Å². The molecule has 0 spiro atoms. The van der Waals surface area contributed by atoms with Crippen molar-refractivity contribution in [3.05, 3.63) is 0 Å². The van der Waals surface area contributed by atoms with E-state index in [9.17, 15) is 4.21 Å². The first-order valence-electron chi connectivity index (χ1n) is 7.13. The van der Waals surface area contributed by atoms with E-state index in [0.717, 1.165) is 36.3 Å². The Hall–Kier alpha value is 0.0700. The number of nitrogens with zero attached hydrogens (tertiary/aromatic N) is 1. The molecular formula is C13H24N2OS. The molecular weight excluding hydrogens is 232 g/mol. The van der Waals surface area contributed by atoms with Gasteiger partial charge in [0.2, 0.25) is 0 Å². The zero-order valence-electron chi connectivity index (χ0n) is 10.6. The van der Waals surface area contributed by atoms with Gasteiger partial charge in [-0.1, -0.05) is 0 Å². The van der Waals surface area contributed by atoms with Gasteiger partial charge in [-0.05, 0) is 51.1 Å². The largest absolute Gasteiger partial charge is 0.314 e. The number of likely N-dealkylation sites (tertiary alicyclic amines) is 1. The molecule has 1 saturated carbocycles. The van der Waals surface area contributed by atoms with Crippen LogP contribution in [-0.2, 0) is 10.8 Å². The Morgan fingerprint density at radius 2 is 1.88 bits per heavy atom. The van der Waals surface area contributed by atoms with Crippen LogP contribution >= 0.6 is 0 Å². The van der Waals surface area contributed by atoms with Crippen LogP contribution in [0.3, 0.4) is 0 Å². The minimum Gasteiger partial charge on any atom is -0.314 e. The first kappa shape index (κ1) is 12.1. The van der Waals surface area contributed by atoms with Crippen molar-refractivity contribution < 1.29 is 4.21 Å². The molecule has 0 radical (unpaired) electrons. The lowest BCUT2D eigenvalue weighted by molar-refractivity contribution is 0.308. The van der Waals surface area contributed by atoms with Gasteiger partial charge in [0.15, 0.2) is 0 Å². The zero-order valence-corrected chi connectivity index (χ0v) is 11.4. The maximum absolute atomic E-state index is 11.3. The highest BCUT2D eigenvalue weighted by Crippen LogP contribution is 2.31. The van der Waals surface area contributed by atoms with E-state index in [2.05, 4.69) is 10.2 Å². The van der Waals surface area contributed by atoms with Crippen LogP contribution in [0, 0.1) is 5.92 Å². The van der Waals surface area contributed by atoms with Crippen molar-refractivity contribution in [3.8, 4) is 0 Å². The first-order valence-corrected chi connectivity index (χ1v) is 8.62. The summed E-state index contributed by atoms with van der Waals surface area (Å²) in [6, 6.07) is 1.58. The summed E-state index contributed by atoms with van der Waals surface area (Å²) in [5.74, 6) is 2.69. The second kappa shape index (κ2) is 5.37. The van der Waals surface area contributed by atoms with Crippen molar-refractivity contribution in [2.45, 2.75) is 44.2 Å².